The lowest BCUT2D eigenvalue weighted by molar-refractivity contribution is -0.161. The van der Waals surface area contributed by atoms with Gasteiger partial charge < -0.3 is 9.47 Å². The number of amides is 1. The lowest BCUT2D eigenvalue weighted by Crippen LogP contribution is -2.50. The summed E-state index contributed by atoms with van der Waals surface area (Å²) in [6.07, 6.45) is 0.838. The van der Waals surface area contributed by atoms with Crippen LogP contribution in [0.15, 0.2) is 59.5 Å². The molecule has 7 nitrogen and oxygen atoms in total. The molecule has 9 heteroatoms. The number of sulfonamides is 1. The first-order chi connectivity index (χ1) is 17.1. The molecule has 0 bridgehead atoms. The van der Waals surface area contributed by atoms with Crippen LogP contribution in [0.3, 0.4) is 0 Å². The Kier molecular flexibility index (Phi) is 8.28. The minimum absolute atomic E-state index is 0.0205. The maximum absolute atomic E-state index is 13.6. The maximum atomic E-state index is 13.6. The molecule has 2 aromatic rings. The fourth-order valence-corrected chi connectivity index (χ4v) is 7.40. The van der Waals surface area contributed by atoms with Crippen LogP contribution in [-0.2, 0) is 24.3 Å². The van der Waals surface area contributed by atoms with Crippen molar-refractivity contribution < 1.29 is 27.5 Å². The number of nitrogens with zero attached hydrogens (tertiary/aromatic N) is 1. The first kappa shape index (κ1) is 26.9. The average molecular weight is 626 g/mol. The molecule has 2 aliphatic rings. The molecule has 1 aliphatic carbocycles. The summed E-state index contributed by atoms with van der Waals surface area (Å²) in [7, 11) is -4.24. The van der Waals surface area contributed by atoms with Crippen molar-refractivity contribution >= 4 is 44.7 Å². The Balaban J connectivity index is 1.63. The minimum Gasteiger partial charge on any atom is -0.459 e. The molecule has 1 heterocycles. The molecule has 5 atom stereocenters. The number of carbonyl (C=O) groups is 2. The Hall–Kier alpha value is -2.14. The number of rotatable bonds is 7. The molecule has 1 saturated heterocycles. The van der Waals surface area contributed by atoms with Gasteiger partial charge >= 0.3 is 12.1 Å². The van der Waals surface area contributed by atoms with E-state index in [0.29, 0.717) is 6.42 Å². The SMILES string of the molecule is Cc1ccc(S(=O)(=O)N2C(=O)O[C@@H](C(=O)O[C@H]3CCCC[C@@H]3c3ccccc3)[C@@H]2[C@@H](I)C(C)C)cc1. The molecule has 194 valence electrons. The highest BCUT2D eigenvalue weighted by molar-refractivity contribution is 14.1. The Morgan fingerprint density at radius 1 is 1.06 bits per heavy atom. The van der Waals surface area contributed by atoms with Gasteiger partial charge in [-0.3, -0.25) is 0 Å². The Labute approximate surface area is 226 Å². The molecule has 0 radical (unpaired) electrons. The second-order valence-electron chi connectivity index (χ2n) is 9.87. The van der Waals surface area contributed by atoms with Crippen LogP contribution in [-0.4, -0.2) is 47.0 Å². The molecule has 0 unspecified atom stereocenters. The van der Waals surface area contributed by atoms with Crippen LogP contribution in [0.2, 0.25) is 0 Å². The number of hydrogen-bond acceptors (Lipinski definition) is 6. The zero-order valence-corrected chi connectivity index (χ0v) is 23.6. The molecule has 0 aromatic heterocycles. The fourth-order valence-electron chi connectivity index (χ4n) is 4.97. The fraction of sp³-hybridized carbons (Fsp3) is 0.481. The lowest BCUT2D eigenvalue weighted by Gasteiger charge is -2.33. The van der Waals surface area contributed by atoms with Crippen LogP contribution in [0.4, 0.5) is 4.79 Å². The van der Waals surface area contributed by atoms with Gasteiger partial charge in [-0.25, -0.2) is 18.0 Å². The number of aryl methyl sites for hydroxylation is 1. The predicted molar refractivity (Wildman–Crippen MR) is 144 cm³/mol. The molecular formula is C27H32INO6S. The molecule has 36 heavy (non-hydrogen) atoms. The zero-order chi connectivity index (χ0) is 26.0. The van der Waals surface area contributed by atoms with Crippen molar-refractivity contribution in [1.29, 1.82) is 0 Å². The third kappa shape index (κ3) is 5.41. The summed E-state index contributed by atoms with van der Waals surface area (Å²) in [5.41, 5.74) is 2.00. The second kappa shape index (κ2) is 11.1. The summed E-state index contributed by atoms with van der Waals surface area (Å²) in [4.78, 5) is 26.5. The number of benzene rings is 2. The number of halogens is 1. The highest BCUT2D eigenvalue weighted by Gasteiger charge is 2.56. The number of cyclic esters (lactones) is 1. The Morgan fingerprint density at radius 2 is 1.69 bits per heavy atom. The first-order valence-electron chi connectivity index (χ1n) is 12.3. The highest BCUT2D eigenvalue weighted by atomic mass is 127. The van der Waals surface area contributed by atoms with Gasteiger partial charge in [-0.1, -0.05) is 90.9 Å². The van der Waals surface area contributed by atoms with Crippen molar-refractivity contribution in [2.45, 2.75) is 79.4 Å². The van der Waals surface area contributed by atoms with Crippen molar-refractivity contribution in [1.82, 2.24) is 4.31 Å². The third-order valence-corrected chi connectivity index (χ3v) is 10.9. The molecule has 1 saturated carbocycles. The van der Waals surface area contributed by atoms with Gasteiger partial charge in [0.05, 0.1) is 4.90 Å². The van der Waals surface area contributed by atoms with Gasteiger partial charge in [0.15, 0.2) is 0 Å². The van der Waals surface area contributed by atoms with E-state index in [-0.39, 0.29) is 26.8 Å². The van der Waals surface area contributed by atoms with E-state index in [2.05, 4.69) is 22.6 Å². The van der Waals surface area contributed by atoms with Crippen LogP contribution in [0, 0.1) is 12.8 Å². The largest absolute Gasteiger partial charge is 0.459 e. The van der Waals surface area contributed by atoms with Gasteiger partial charge in [0.25, 0.3) is 10.0 Å². The Morgan fingerprint density at radius 3 is 2.33 bits per heavy atom. The minimum atomic E-state index is -4.24. The van der Waals surface area contributed by atoms with E-state index < -0.39 is 34.2 Å². The molecular weight excluding hydrogens is 593 g/mol. The van der Waals surface area contributed by atoms with Crippen LogP contribution in [0.1, 0.15) is 56.6 Å². The monoisotopic (exact) mass is 625 g/mol. The quantitative estimate of drug-likeness (QED) is 0.226. The van der Waals surface area contributed by atoms with Gasteiger partial charge in [0.2, 0.25) is 6.10 Å². The van der Waals surface area contributed by atoms with Crippen molar-refractivity contribution in [3.05, 3.63) is 65.7 Å². The molecule has 1 aliphatic heterocycles. The van der Waals surface area contributed by atoms with Crippen molar-refractivity contribution in [3.63, 3.8) is 0 Å². The summed E-state index contributed by atoms with van der Waals surface area (Å²) in [6, 6.07) is 15.2. The van der Waals surface area contributed by atoms with Crippen molar-refractivity contribution in [2.24, 2.45) is 5.92 Å². The summed E-state index contributed by atoms with van der Waals surface area (Å²) in [5.74, 6) is -0.666. The first-order valence-corrected chi connectivity index (χ1v) is 15.0. The van der Waals surface area contributed by atoms with Crippen LogP contribution < -0.4 is 0 Å². The molecule has 0 spiro atoms. The molecule has 2 fully saturated rings. The van der Waals surface area contributed by atoms with Gasteiger partial charge in [-0.05, 0) is 49.8 Å². The molecule has 4 rings (SSSR count). The molecule has 1 amide bonds. The van der Waals surface area contributed by atoms with E-state index in [1.807, 2.05) is 51.1 Å². The van der Waals surface area contributed by atoms with Gasteiger partial charge in [0, 0.05) is 9.84 Å². The normalized spacial score (nSPS) is 25.5. The topological polar surface area (TPSA) is 90.0 Å². The summed E-state index contributed by atoms with van der Waals surface area (Å²) in [5, 5.41) is 0. The highest BCUT2D eigenvalue weighted by Crippen LogP contribution is 2.38. The second-order valence-corrected chi connectivity index (χ2v) is 13.1. The number of alkyl halides is 1. The average Bonchev–Trinajstić information content (AvgIpc) is 3.22. The summed E-state index contributed by atoms with van der Waals surface area (Å²) >= 11 is 2.11. The van der Waals surface area contributed by atoms with Gasteiger partial charge in [-0.15, -0.1) is 0 Å². The van der Waals surface area contributed by atoms with Crippen molar-refractivity contribution in [2.75, 3.05) is 0 Å². The standard InChI is InChI=1S/C27H32INO6S/c1-17(2)23(28)24-25(35-27(31)29(24)36(32,33)20-15-13-18(3)14-16-20)26(30)34-22-12-8-7-11-21(22)19-9-5-4-6-10-19/h4-6,9-10,13-17,21-25H,7-8,11-12H2,1-3H3/t21-,22+,23+,24+,25-/m1/s1. The number of esters is 1. The van der Waals surface area contributed by atoms with E-state index in [9.17, 15) is 18.0 Å². The summed E-state index contributed by atoms with van der Waals surface area (Å²) in [6.45, 7) is 5.69. The van der Waals surface area contributed by atoms with E-state index in [1.54, 1.807) is 12.1 Å². The van der Waals surface area contributed by atoms with E-state index in [0.717, 1.165) is 34.7 Å². The smallest absolute Gasteiger partial charge is 0.425 e. The van der Waals surface area contributed by atoms with E-state index in [1.165, 1.54) is 12.1 Å². The van der Waals surface area contributed by atoms with E-state index in [4.69, 9.17) is 9.47 Å². The van der Waals surface area contributed by atoms with Crippen LogP contribution in [0.25, 0.3) is 0 Å². The third-order valence-electron chi connectivity index (χ3n) is 6.96. The van der Waals surface area contributed by atoms with E-state index >= 15 is 0 Å². The summed E-state index contributed by atoms with van der Waals surface area (Å²) < 4.78 is 38.9. The number of carbonyl (C=O) groups excluding carboxylic acids is 2. The number of hydrogen-bond donors (Lipinski definition) is 0. The maximum Gasteiger partial charge on any atom is 0.425 e. The zero-order valence-electron chi connectivity index (χ0n) is 20.7. The van der Waals surface area contributed by atoms with Crippen LogP contribution in [0.5, 0.6) is 0 Å². The lowest BCUT2D eigenvalue weighted by atomic mass is 9.81. The molecule has 0 N–H and O–H groups in total. The molecule has 2 aromatic carbocycles. The van der Waals surface area contributed by atoms with Crippen molar-refractivity contribution in [3.8, 4) is 0 Å². The van der Waals surface area contributed by atoms with Gasteiger partial charge in [-0.2, -0.15) is 4.31 Å². The number of ether oxygens (including phenoxy) is 2. The Bertz CT molecular complexity index is 1180. The predicted octanol–water partition coefficient (Wildman–Crippen LogP) is 5.60. The van der Waals surface area contributed by atoms with Gasteiger partial charge in [0.1, 0.15) is 12.1 Å². The van der Waals surface area contributed by atoms with Crippen LogP contribution >= 0.6 is 22.6 Å².